The Morgan fingerprint density at radius 2 is 1.77 bits per heavy atom. The number of benzene rings is 2. The van der Waals surface area contributed by atoms with Gasteiger partial charge in [-0.05, 0) is 91.4 Å². The van der Waals surface area contributed by atoms with Gasteiger partial charge in [0, 0.05) is 29.3 Å². The number of esters is 1. The summed E-state index contributed by atoms with van der Waals surface area (Å²) in [5, 5.41) is 13.9. The molecule has 0 radical (unpaired) electrons. The third-order valence-electron chi connectivity index (χ3n) is 6.95. The molecular weight excluding hydrogens is 566 g/mol. The number of nitrogens with one attached hydrogen (secondary N) is 1. The van der Waals surface area contributed by atoms with E-state index in [9.17, 15) is 14.7 Å². The number of Topliss-reactive ketones (excluding diaryl/α,β-unsaturated/α-hetero) is 1. The zero-order valence-electron chi connectivity index (χ0n) is 23.0. The van der Waals surface area contributed by atoms with Gasteiger partial charge in [0.1, 0.15) is 0 Å². The van der Waals surface area contributed by atoms with Crippen LogP contribution in [0.1, 0.15) is 63.5 Å². The monoisotopic (exact) mass is 599 g/mol. The minimum Gasteiger partial charge on any atom is -0.503 e. The summed E-state index contributed by atoms with van der Waals surface area (Å²) in [7, 11) is 3.17. The predicted octanol–water partition coefficient (Wildman–Crippen LogP) is 5.88. The van der Waals surface area contributed by atoms with E-state index in [0.717, 1.165) is 11.3 Å². The Labute approximate surface area is 237 Å². The highest BCUT2D eigenvalue weighted by Crippen LogP contribution is 2.48. The minimum absolute atomic E-state index is 0.0424. The van der Waals surface area contributed by atoms with Crippen molar-refractivity contribution in [1.29, 1.82) is 0 Å². The molecule has 0 spiro atoms. The van der Waals surface area contributed by atoms with Gasteiger partial charge in [-0.25, -0.2) is 4.79 Å². The van der Waals surface area contributed by atoms with E-state index in [2.05, 4.69) is 21.2 Å². The summed E-state index contributed by atoms with van der Waals surface area (Å²) >= 11 is 3.41. The molecule has 0 fully saturated rings. The van der Waals surface area contributed by atoms with Crippen molar-refractivity contribution >= 4 is 27.7 Å². The Morgan fingerprint density at radius 1 is 1.08 bits per heavy atom. The number of methoxy groups -OCH3 is 2. The Hall–Kier alpha value is -3.46. The average Bonchev–Trinajstić information content (AvgIpc) is 2.89. The van der Waals surface area contributed by atoms with Crippen LogP contribution in [0.4, 0.5) is 0 Å². The van der Waals surface area contributed by atoms with Gasteiger partial charge in [-0.1, -0.05) is 6.07 Å². The first-order chi connectivity index (χ1) is 18.6. The Bertz CT molecular complexity index is 1360. The van der Waals surface area contributed by atoms with Gasteiger partial charge in [-0.2, -0.15) is 0 Å². The number of aromatic hydroxyl groups is 1. The predicted molar refractivity (Wildman–Crippen MR) is 150 cm³/mol. The number of allylic oxidation sites excluding steroid dienone is 3. The summed E-state index contributed by atoms with van der Waals surface area (Å²) in [6.07, 6.45) is 0.486. The van der Waals surface area contributed by atoms with Crippen LogP contribution in [0.25, 0.3) is 0 Å². The Balaban J connectivity index is 1.83. The molecule has 9 heteroatoms. The van der Waals surface area contributed by atoms with E-state index in [0.29, 0.717) is 51.4 Å². The molecule has 1 heterocycles. The molecule has 0 unspecified atom stereocenters. The molecule has 39 heavy (non-hydrogen) atoms. The number of phenols is 1. The molecule has 208 valence electrons. The Morgan fingerprint density at radius 3 is 2.41 bits per heavy atom. The largest absolute Gasteiger partial charge is 0.503 e. The molecule has 0 amide bonds. The van der Waals surface area contributed by atoms with Gasteiger partial charge < -0.3 is 29.4 Å². The second-order valence-corrected chi connectivity index (χ2v) is 10.7. The maximum atomic E-state index is 13.9. The van der Waals surface area contributed by atoms with E-state index in [4.69, 9.17) is 18.9 Å². The lowest BCUT2D eigenvalue weighted by Crippen LogP contribution is -2.36. The van der Waals surface area contributed by atoms with Gasteiger partial charge in [-0.15, -0.1) is 0 Å². The number of ether oxygens (including phenoxy) is 4. The van der Waals surface area contributed by atoms with E-state index in [1.165, 1.54) is 0 Å². The number of hydrogen-bond acceptors (Lipinski definition) is 8. The number of dihydropyridines is 1. The fourth-order valence-electron chi connectivity index (χ4n) is 5.29. The summed E-state index contributed by atoms with van der Waals surface area (Å²) in [4.78, 5) is 27.3. The zero-order valence-corrected chi connectivity index (χ0v) is 24.6. The highest BCUT2D eigenvalue weighted by Gasteiger charge is 2.42. The number of hydrogen-bond donors (Lipinski definition) is 2. The number of carbonyl (C=O) groups is 2. The van der Waals surface area contributed by atoms with E-state index < -0.39 is 11.9 Å². The molecule has 2 aromatic rings. The molecule has 8 nitrogen and oxygen atoms in total. The minimum atomic E-state index is -0.692. The molecule has 0 bridgehead atoms. The summed E-state index contributed by atoms with van der Waals surface area (Å²) in [6.45, 7) is 7.55. The van der Waals surface area contributed by atoms with Gasteiger partial charge in [0.2, 0.25) is 0 Å². The molecule has 2 N–H and O–H groups in total. The highest BCUT2D eigenvalue weighted by atomic mass is 79.9. The molecule has 0 aromatic heterocycles. The second-order valence-electron chi connectivity index (χ2n) is 9.87. The summed E-state index contributed by atoms with van der Waals surface area (Å²) in [6, 6.07) is 9.11. The van der Waals surface area contributed by atoms with Crippen LogP contribution in [-0.4, -0.2) is 43.8 Å². The molecular formula is C30H34BrNO7. The summed E-state index contributed by atoms with van der Waals surface area (Å²) < 4.78 is 22.5. The van der Waals surface area contributed by atoms with Crippen LogP contribution in [0.15, 0.2) is 57.3 Å². The van der Waals surface area contributed by atoms with E-state index >= 15 is 0 Å². The van der Waals surface area contributed by atoms with Gasteiger partial charge in [0.25, 0.3) is 0 Å². The first-order valence-corrected chi connectivity index (χ1v) is 13.7. The van der Waals surface area contributed by atoms with Crippen LogP contribution in [0.3, 0.4) is 0 Å². The first kappa shape index (κ1) is 28.5. The van der Waals surface area contributed by atoms with Crippen LogP contribution in [-0.2, 0) is 14.3 Å². The SMILES string of the molecule is CCOc1cc([C@H]2C(C(=O)OC(C)C)=C(C)NC3=C2C(=O)C[C@H](c2ccc(OC)c(OC)c2)C3)cc(Br)c1O. The first-order valence-electron chi connectivity index (χ1n) is 12.9. The molecule has 4 rings (SSSR count). The Kier molecular flexibility index (Phi) is 8.59. The van der Waals surface area contributed by atoms with Crippen molar-refractivity contribution in [2.24, 2.45) is 0 Å². The normalized spacial score (nSPS) is 19.0. The molecule has 2 atom stereocenters. The molecule has 2 aromatic carbocycles. The maximum absolute atomic E-state index is 13.9. The topological polar surface area (TPSA) is 103 Å². The van der Waals surface area contributed by atoms with Crippen molar-refractivity contribution < 1.29 is 33.6 Å². The molecule has 1 aliphatic heterocycles. The van der Waals surface area contributed by atoms with Crippen molar-refractivity contribution in [3.63, 3.8) is 0 Å². The lowest BCUT2D eigenvalue weighted by atomic mass is 9.71. The van der Waals surface area contributed by atoms with Crippen LogP contribution >= 0.6 is 15.9 Å². The molecule has 0 saturated carbocycles. The third kappa shape index (κ3) is 5.64. The second kappa shape index (κ2) is 11.7. The van der Waals surface area contributed by atoms with Crippen LogP contribution < -0.4 is 19.5 Å². The summed E-state index contributed by atoms with van der Waals surface area (Å²) in [5.74, 6) is 0.0938. The lowest BCUT2D eigenvalue weighted by Gasteiger charge is -2.37. The van der Waals surface area contributed by atoms with Crippen molar-refractivity contribution in [3.05, 3.63) is 68.5 Å². The molecule has 0 saturated heterocycles. The molecule has 2 aliphatic rings. The maximum Gasteiger partial charge on any atom is 0.337 e. The van der Waals surface area contributed by atoms with Crippen LogP contribution in [0.2, 0.25) is 0 Å². The number of halogens is 1. The molecule has 1 aliphatic carbocycles. The zero-order chi connectivity index (χ0) is 28.4. The average molecular weight is 601 g/mol. The van der Waals surface area contributed by atoms with E-state index in [1.807, 2.05) is 32.0 Å². The number of rotatable bonds is 8. The van der Waals surface area contributed by atoms with Crippen molar-refractivity contribution in [2.75, 3.05) is 20.8 Å². The quantitative estimate of drug-likeness (QED) is 0.362. The van der Waals surface area contributed by atoms with Crippen LogP contribution in [0, 0.1) is 0 Å². The number of ketones is 1. The van der Waals surface area contributed by atoms with E-state index in [1.54, 1.807) is 40.2 Å². The summed E-state index contributed by atoms with van der Waals surface area (Å²) in [5.41, 5.74) is 3.87. The number of carbonyl (C=O) groups excluding carboxylic acids is 2. The van der Waals surface area contributed by atoms with Gasteiger partial charge in [0.05, 0.1) is 37.0 Å². The highest BCUT2D eigenvalue weighted by molar-refractivity contribution is 9.10. The van der Waals surface area contributed by atoms with Crippen molar-refractivity contribution in [1.82, 2.24) is 5.32 Å². The third-order valence-corrected chi connectivity index (χ3v) is 7.56. The van der Waals surface area contributed by atoms with E-state index in [-0.39, 0.29) is 35.7 Å². The smallest absolute Gasteiger partial charge is 0.337 e. The van der Waals surface area contributed by atoms with Crippen LogP contribution in [0.5, 0.6) is 23.0 Å². The standard InChI is InChI=1S/C30H34BrNO7/c1-7-38-25-14-19(10-20(31)29(25)34)27-26(30(35)39-15(2)3)16(4)32-21-11-18(12-22(33)28(21)27)17-8-9-23(36-5)24(13-17)37-6/h8-10,13-15,18,27,32,34H,7,11-12H2,1-6H3/t18-,27+/m1/s1. The fraction of sp³-hybridized carbons (Fsp3) is 0.400. The van der Waals surface area contributed by atoms with Gasteiger partial charge >= 0.3 is 5.97 Å². The number of phenolic OH excluding ortho intramolecular Hbond substituents is 1. The lowest BCUT2D eigenvalue weighted by molar-refractivity contribution is -0.143. The fourth-order valence-corrected chi connectivity index (χ4v) is 5.75. The van der Waals surface area contributed by atoms with Crippen molar-refractivity contribution in [2.45, 2.75) is 58.5 Å². The van der Waals surface area contributed by atoms with Crippen molar-refractivity contribution in [3.8, 4) is 23.0 Å². The van der Waals surface area contributed by atoms with Gasteiger partial charge in [0.15, 0.2) is 28.8 Å². The van der Waals surface area contributed by atoms with Gasteiger partial charge in [-0.3, -0.25) is 4.79 Å².